The van der Waals surface area contributed by atoms with Crippen LogP contribution in [0.3, 0.4) is 0 Å². The van der Waals surface area contributed by atoms with Crippen molar-refractivity contribution in [3.05, 3.63) is 24.1 Å². The van der Waals surface area contributed by atoms with Crippen LogP contribution >= 0.6 is 0 Å². The van der Waals surface area contributed by atoms with E-state index in [9.17, 15) is 9.18 Å². The van der Waals surface area contributed by atoms with E-state index in [1.54, 1.807) is 0 Å². The fourth-order valence-electron chi connectivity index (χ4n) is 1.57. The molecule has 2 N–H and O–H groups in total. The molecule has 0 aliphatic carbocycles. The van der Waals surface area contributed by atoms with Crippen molar-refractivity contribution in [1.29, 1.82) is 5.26 Å². The Morgan fingerprint density at radius 2 is 2.41 bits per heavy atom. The number of anilines is 1. The highest BCUT2D eigenvalue weighted by Gasteiger charge is 2.13. The van der Waals surface area contributed by atoms with E-state index in [1.165, 1.54) is 16.9 Å². The molecule has 0 bridgehead atoms. The van der Waals surface area contributed by atoms with Crippen LogP contribution in [0.2, 0.25) is 0 Å². The van der Waals surface area contributed by atoms with Crippen LogP contribution in [-0.4, -0.2) is 21.0 Å². The first-order valence-electron chi connectivity index (χ1n) is 4.64. The van der Waals surface area contributed by atoms with Crippen molar-refractivity contribution in [3.63, 3.8) is 0 Å². The maximum absolute atomic E-state index is 13.6. The largest absolute Gasteiger partial charge is 0.465 e. The van der Waals surface area contributed by atoms with Gasteiger partial charge in [0.1, 0.15) is 17.9 Å². The molecule has 7 heteroatoms. The SMILES string of the molecule is N#CCn1ncc2c(NC(=O)O)ccc(F)c21. The van der Waals surface area contributed by atoms with E-state index in [4.69, 9.17) is 10.4 Å². The maximum atomic E-state index is 13.6. The van der Waals surface area contributed by atoms with Gasteiger partial charge in [0.15, 0.2) is 0 Å². The van der Waals surface area contributed by atoms with E-state index < -0.39 is 11.9 Å². The third-order valence-corrected chi connectivity index (χ3v) is 2.21. The number of hydrogen-bond acceptors (Lipinski definition) is 3. The Labute approximate surface area is 94.9 Å². The van der Waals surface area contributed by atoms with Crippen LogP contribution in [0.15, 0.2) is 18.3 Å². The summed E-state index contributed by atoms with van der Waals surface area (Å²) in [6.07, 6.45) is 0.0760. The molecule has 0 spiro atoms. The first kappa shape index (κ1) is 10.9. The molecule has 1 aromatic carbocycles. The van der Waals surface area contributed by atoms with Crippen molar-refractivity contribution >= 4 is 22.7 Å². The lowest BCUT2D eigenvalue weighted by molar-refractivity contribution is 0.210. The van der Waals surface area contributed by atoms with Gasteiger partial charge in [0, 0.05) is 5.39 Å². The van der Waals surface area contributed by atoms with E-state index >= 15 is 0 Å². The zero-order valence-corrected chi connectivity index (χ0v) is 8.51. The second kappa shape index (κ2) is 4.09. The molecule has 0 unspecified atom stereocenters. The standard InChI is InChI=1S/C10H7FN4O2/c11-7-1-2-8(14-10(16)17)6-5-13-15(4-3-12)9(6)7/h1-2,5,14H,4H2,(H,16,17). The second-order valence-electron chi connectivity index (χ2n) is 3.25. The smallest absolute Gasteiger partial charge is 0.409 e. The Morgan fingerprint density at radius 1 is 1.65 bits per heavy atom. The third-order valence-electron chi connectivity index (χ3n) is 2.21. The van der Waals surface area contributed by atoms with Crippen LogP contribution in [0.25, 0.3) is 10.9 Å². The van der Waals surface area contributed by atoms with Gasteiger partial charge < -0.3 is 5.11 Å². The minimum Gasteiger partial charge on any atom is -0.465 e. The molecule has 0 saturated heterocycles. The topological polar surface area (TPSA) is 90.9 Å². The molecular formula is C10H7FN4O2. The summed E-state index contributed by atoms with van der Waals surface area (Å²) in [7, 11) is 0. The van der Waals surface area contributed by atoms with Crippen molar-refractivity contribution in [3.8, 4) is 6.07 Å². The normalized spacial score (nSPS) is 10.1. The average molecular weight is 234 g/mol. The van der Waals surface area contributed by atoms with Gasteiger partial charge in [0.2, 0.25) is 0 Å². The lowest BCUT2D eigenvalue weighted by Crippen LogP contribution is -2.07. The van der Waals surface area contributed by atoms with Crippen LogP contribution in [-0.2, 0) is 6.54 Å². The van der Waals surface area contributed by atoms with E-state index in [1.807, 2.05) is 6.07 Å². The van der Waals surface area contributed by atoms with E-state index in [2.05, 4.69) is 10.4 Å². The molecule has 0 aliphatic heterocycles. The summed E-state index contributed by atoms with van der Waals surface area (Å²) in [5.74, 6) is -0.552. The number of nitriles is 1. The Bertz CT molecular complexity index is 629. The molecule has 1 aromatic heterocycles. The number of carbonyl (C=O) groups is 1. The number of nitrogens with one attached hydrogen (secondary N) is 1. The fourth-order valence-corrected chi connectivity index (χ4v) is 1.57. The number of aromatic nitrogens is 2. The monoisotopic (exact) mass is 234 g/mol. The average Bonchev–Trinajstić information content (AvgIpc) is 2.67. The van der Waals surface area contributed by atoms with Gasteiger partial charge in [-0.15, -0.1) is 0 Å². The molecule has 0 atom stereocenters. The van der Waals surface area contributed by atoms with Crippen LogP contribution < -0.4 is 5.32 Å². The molecule has 6 nitrogen and oxygen atoms in total. The highest BCUT2D eigenvalue weighted by atomic mass is 19.1. The van der Waals surface area contributed by atoms with Gasteiger partial charge in [-0.1, -0.05) is 0 Å². The van der Waals surface area contributed by atoms with E-state index in [0.29, 0.717) is 5.39 Å². The van der Waals surface area contributed by atoms with Crippen molar-refractivity contribution in [1.82, 2.24) is 9.78 Å². The molecule has 17 heavy (non-hydrogen) atoms. The van der Waals surface area contributed by atoms with Crippen molar-refractivity contribution < 1.29 is 14.3 Å². The van der Waals surface area contributed by atoms with Crippen molar-refractivity contribution in [2.45, 2.75) is 6.54 Å². The molecule has 0 fully saturated rings. The quantitative estimate of drug-likeness (QED) is 0.828. The Balaban J connectivity index is 2.63. The lowest BCUT2D eigenvalue weighted by Gasteiger charge is -2.04. The van der Waals surface area contributed by atoms with Crippen LogP contribution in [0.5, 0.6) is 0 Å². The molecule has 0 aliphatic rings. The summed E-state index contributed by atoms with van der Waals surface area (Å²) in [4.78, 5) is 10.5. The summed E-state index contributed by atoms with van der Waals surface area (Å²) in [6.45, 7) is -0.100. The van der Waals surface area contributed by atoms with Gasteiger partial charge in [-0.25, -0.2) is 13.9 Å². The zero-order chi connectivity index (χ0) is 12.4. The van der Waals surface area contributed by atoms with Crippen LogP contribution in [0.1, 0.15) is 0 Å². The highest BCUT2D eigenvalue weighted by molar-refractivity contribution is 5.98. The predicted octanol–water partition coefficient (Wildman–Crippen LogP) is 1.79. The van der Waals surface area contributed by atoms with Gasteiger partial charge in [-0.2, -0.15) is 10.4 Å². The van der Waals surface area contributed by atoms with Crippen molar-refractivity contribution in [2.75, 3.05) is 5.32 Å². The van der Waals surface area contributed by atoms with Gasteiger partial charge in [-0.05, 0) is 12.1 Å². The number of carboxylic acid groups (broad SMARTS) is 1. The third kappa shape index (κ3) is 1.88. The summed E-state index contributed by atoms with van der Waals surface area (Å²) in [5, 5.41) is 23.5. The van der Waals surface area contributed by atoms with Gasteiger partial charge in [-0.3, -0.25) is 5.32 Å². The molecule has 2 aromatic rings. The fraction of sp³-hybridized carbons (Fsp3) is 0.100. The minimum absolute atomic E-state index is 0.100. The Morgan fingerprint density at radius 3 is 3.06 bits per heavy atom. The van der Waals surface area contributed by atoms with Crippen LogP contribution in [0.4, 0.5) is 14.9 Å². The summed E-state index contributed by atoms with van der Waals surface area (Å²) in [6, 6.07) is 4.28. The number of hydrogen-bond donors (Lipinski definition) is 2. The Hall–Kier alpha value is -2.62. The maximum Gasteiger partial charge on any atom is 0.409 e. The van der Waals surface area contributed by atoms with Gasteiger partial charge >= 0.3 is 6.09 Å². The van der Waals surface area contributed by atoms with Crippen LogP contribution in [0, 0.1) is 17.1 Å². The van der Waals surface area contributed by atoms with Gasteiger partial charge in [0.25, 0.3) is 0 Å². The molecule has 0 saturated carbocycles. The first-order valence-corrected chi connectivity index (χ1v) is 4.64. The van der Waals surface area contributed by atoms with Crippen molar-refractivity contribution in [2.24, 2.45) is 0 Å². The summed E-state index contributed by atoms with van der Waals surface area (Å²) in [5.41, 5.74) is 0.343. The predicted molar refractivity (Wildman–Crippen MR) is 57.0 cm³/mol. The number of amides is 1. The second-order valence-corrected chi connectivity index (χ2v) is 3.25. The van der Waals surface area contributed by atoms with E-state index in [0.717, 1.165) is 6.07 Å². The molecule has 1 heterocycles. The van der Waals surface area contributed by atoms with Gasteiger partial charge in [0.05, 0.1) is 18.0 Å². The highest BCUT2D eigenvalue weighted by Crippen LogP contribution is 2.25. The number of nitrogens with zero attached hydrogens (tertiary/aromatic N) is 3. The zero-order valence-electron chi connectivity index (χ0n) is 8.51. The molecule has 86 valence electrons. The number of halogens is 1. The molecule has 2 rings (SSSR count). The lowest BCUT2D eigenvalue weighted by atomic mass is 10.2. The Kier molecular flexibility index (Phi) is 2.62. The first-order chi connectivity index (χ1) is 8.13. The minimum atomic E-state index is -1.24. The number of rotatable bonds is 2. The molecular weight excluding hydrogens is 227 g/mol. The number of fused-ring (bicyclic) bond motifs is 1. The molecule has 0 radical (unpaired) electrons. The summed E-state index contributed by atoms with van der Waals surface area (Å²) < 4.78 is 14.8. The van der Waals surface area contributed by atoms with E-state index in [-0.39, 0.29) is 17.7 Å². The summed E-state index contributed by atoms with van der Waals surface area (Å²) >= 11 is 0. The number of benzene rings is 1. The molecule has 1 amide bonds.